The van der Waals surface area contributed by atoms with E-state index in [1.165, 1.54) is 6.07 Å². The number of pyridine rings is 1. The lowest BCUT2D eigenvalue weighted by Crippen LogP contribution is -2.29. The fourth-order valence-electron chi connectivity index (χ4n) is 1.23. The van der Waals surface area contributed by atoms with Crippen molar-refractivity contribution in [3.8, 4) is 0 Å². The zero-order chi connectivity index (χ0) is 12.7. The minimum absolute atomic E-state index is 0.265. The van der Waals surface area contributed by atoms with Gasteiger partial charge in [0.2, 0.25) is 5.56 Å². The van der Waals surface area contributed by atoms with Gasteiger partial charge in [-0.3, -0.25) is 9.59 Å². The lowest BCUT2D eigenvalue weighted by atomic mass is 10.2. The summed E-state index contributed by atoms with van der Waals surface area (Å²) in [6, 6.07) is 4.47. The van der Waals surface area contributed by atoms with E-state index in [9.17, 15) is 9.59 Å². The molecule has 2 N–H and O–H groups in total. The Morgan fingerprint density at radius 2 is 2.24 bits per heavy atom. The molecule has 1 aromatic heterocycles. The van der Waals surface area contributed by atoms with Crippen molar-refractivity contribution in [2.45, 2.75) is 13.8 Å². The van der Waals surface area contributed by atoms with Crippen molar-refractivity contribution in [3.05, 3.63) is 34.2 Å². The second-order valence-electron chi connectivity index (χ2n) is 4.15. The summed E-state index contributed by atoms with van der Waals surface area (Å²) in [5, 5.41) is 2.67. The summed E-state index contributed by atoms with van der Waals surface area (Å²) in [7, 11) is 0. The van der Waals surface area contributed by atoms with Crippen LogP contribution >= 0.6 is 0 Å². The predicted octanol–water partition coefficient (Wildman–Crippen LogP) is 0.777. The lowest BCUT2D eigenvalue weighted by molar-refractivity contribution is 0.0882. The van der Waals surface area contributed by atoms with E-state index in [-0.39, 0.29) is 17.2 Å². The third-order valence-electron chi connectivity index (χ3n) is 2.00. The monoisotopic (exact) mass is 238 g/mol. The van der Waals surface area contributed by atoms with Crippen LogP contribution in [0.15, 0.2) is 23.0 Å². The number of carbonyl (C=O) groups is 1. The van der Waals surface area contributed by atoms with Crippen LogP contribution in [0, 0.1) is 5.92 Å². The summed E-state index contributed by atoms with van der Waals surface area (Å²) in [4.78, 5) is 25.0. The largest absolute Gasteiger partial charge is 0.379 e. The molecule has 0 bridgehead atoms. The lowest BCUT2D eigenvalue weighted by Gasteiger charge is -2.07. The molecular formula is C12H18N2O3. The number of amides is 1. The first-order chi connectivity index (χ1) is 8.09. The summed E-state index contributed by atoms with van der Waals surface area (Å²) in [5.41, 5.74) is -0.0185. The Morgan fingerprint density at radius 1 is 1.47 bits per heavy atom. The molecule has 1 rings (SSSR count). The van der Waals surface area contributed by atoms with Crippen molar-refractivity contribution in [1.29, 1.82) is 0 Å². The first-order valence-electron chi connectivity index (χ1n) is 5.65. The van der Waals surface area contributed by atoms with E-state index in [1.807, 2.05) is 0 Å². The Hall–Kier alpha value is -1.62. The van der Waals surface area contributed by atoms with Crippen LogP contribution in [-0.2, 0) is 4.74 Å². The van der Waals surface area contributed by atoms with Gasteiger partial charge in [-0.2, -0.15) is 0 Å². The van der Waals surface area contributed by atoms with E-state index in [1.54, 1.807) is 12.1 Å². The molecule has 0 aliphatic carbocycles. The molecule has 0 fully saturated rings. The quantitative estimate of drug-likeness (QED) is 0.719. The number of aromatic nitrogens is 1. The van der Waals surface area contributed by atoms with Crippen LogP contribution in [-0.4, -0.2) is 30.6 Å². The van der Waals surface area contributed by atoms with E-state index in [0.717, 1.165) is 0 Å². The van der Waals surface area contributed by atoms with Gasteiger partial charge in [-0.15, -0.1) is 0 Å². The number of aromatic amines is 1. The third-order valence-corrected chi connectivity index (χ3v) is 2.00. The molecule has 0 aliphatic heterocycles. The Labute approximate surface area is 100 Å². The molecule has 1 amide bonds. The molecule has 0 saturated carbocycles. The maximum absolute atomic E-state index is 11.6. The number of H-pyrrole nitrogens is 1. The third kappa shape index (κ3) is 5.31. The zero-order valence-electron chi connectivity index (χ0n) is 10.2. The number of hydrogen-bond donors (Lipinski definition) is 2. The average Bonchev–Trinajstić information content (AvgIpc) is 2.28. The summed E-state index contributed by atoms with van der Waals surface area (Å²) in [6.45, 7) is 5.71. The molecule has 0 radical (unpaired) electrons. The van der Waals surface area contributed by atoms with Gasteiger partial charge >= 0.3 is 0 Å². The fourth-order valence-corrected chi connectivity index (χ4v) is 1.23. The van der Waals surface area contributed by atoms with E-state index in [4.69, 9.17) is 4.74 Å². The highest BCUT2D eigenvalue weighted by atomic mass is 16.5. The molecule has 0 aromatic carbocycles. The SMILES string of the molecule is CC(C)COCCNC(=O)c1cccc(=O)[nH]1. The maximum atomic E-state index is 11.6. The number of rotatable bonds is 6. The highest BCUT2D eigenvalue weighted by Gasteiger charge is 2.04. The van der Waals surface area contributed by atoms with E-state index in [0.29, 0.717) is 25.7 Å². The molecule has 0 atom stereocenters. The van der Waals surface area contributed by atoms with E-state index < -0.39 is 0 Å². The van der Waals surface area contributed by atoms with Crippen LogP contribution < -0.4 is 10.9 Å². The van der Waals surface area contributed by atoms with Gasteiger partial charge in [0, 0.05) is 19.2 Å². The molecule has 0 saturated heterocycles. The van der Waals surface area contributed by atoms with E-state index >= 15 is 0 Å². The van der Waals surface area contributed by atoms with Crippen LogP contribution in [0.5, 0.6) is 0 Å². The minimum atomic E-state index is -0.296. The first kappa shape index (κ1) is 13.4. The zero-order valence-corrected chi connectivity index (χ0v) is 10.2. The summed E-state index contributed by atoms with van der Waals surface area (Å²) < 4.78 is 5.32. The number of carbonyl (C=O) groups excluding carboxylic acids is 1. The molecule has 94 valence electrons. The van der Waals surface area contributed by atoms with Gasteiger partial charge in [0.05, 0.1) is 6.61 Å². The predicted molar refractivity (Wildman–Crippen MR) is 65.1 cm³/mol. The average molecular weight is 238 g/mol. The molecular weight excluding hydrogens is 220 g/mol. The smallest absolute Gasteiger partial charge is 0.267 e. The van der Waals surface area contributed by atoms with Gasteiger partial charge < -0.3 is 15.0 Å². The van der Waals surface area contributed by atoms with Crippen LogP contribution in [0.1, 0.15) is 24.3 Å². The second-order valence-corrected chi connectivity index (χ2v) is 4.15. The molecule has 0 spiro atoms. The van der Waals surface area contributed by atoms with Gasteiger partial charge in [0.1, 0.15) is 5.69 Å². The standard InChI is InChI=1S/C12H18N2O3/c1-9(2)8-17-7-6-13-12(16)10-4-3-5-11(15)14-10/h3-5,9H,6-8H2,1-2H3,(H,13,16)(H,14,15). The van der Waals surface area contributed by atoms with Gasteiger partial charge in [0.15, 0.2) is 0 Å². The summed E-state index contributed by atoms with van der Waals surface area (Å²) in [6.07, 6.45) is 0. The second kappa shape index (κ2) is 6.85. The topological polar surface area (TPSA) is 71.2 Å². The molecule has 0 unspecified atom stereocenters. The van der Waals surface area contributed by atoms with Crippen LogP contribution in [0.4, 0.5) is 0 Å². The van der Waals surface area contributed by atoms with Crippen molar-refractivity contribution in [1.82, 2.24) is 10.3 Å². The number of nitrogens with one attached hydrogen (secondary N) is 2. The molecule has 17 heavy (non-hydrogen) atoms. The Balaban J connectivity index is 2.28. The first-order valence-corrected chi connectivity index (χ1v) is 5.65. The molecule has 1 heterocycles. The van der Waals surface area contributed by atoms with Crippen LogP contribution in [0.3, 0.4) is 0 Å². The van der Waals surface area contributed by atoms with Crippen molar-refractivity contribution < 1.29 is 9.53 Å². The molecule has 5 nitrogen and oxygen atoms in total. The maximum Gasteiger partial charge on any atom is 0.267 e. The van der Waals surface area contributed by atoms with Gasteiger partial charge in [-0.25, -0.2) is 0 Å². The molecule has 1 aromatic rings. The highest BCUT2D eigenvalue weighted by molar-refractivity contribution is 5.92. The van der Waals surface area contributed by atoms with Crippen LogP contribution in [0.2, 0.25) is 0 Å². The molecule has 0 aliphatic rings. The van der Waals surface area contributed by atoms with Gasteiger partial charge in [0.25, 0.3) is 5.91 Å². The van der Waals surface area contributed by atoms with Crippen molar-refractivity contribution >= 4 is 5.91 Å². The van der Waals surface area contributed by atoms with Gasteiger partial charge in [-0.05, 0) is 12.0 Å². The fraction of sp³-hybridized carbons (Fsp3) is 0.500. The minimum Gasteiger partial charge on any atom is -0.379 e. The van der Waals surface area contributed by atoms with E-state index in [2.05, 4.69) is 24.1 Å². The summed E-state index contributed by atoms with van der Waals surface area (Å²) >= 11 is 0. The normalized spacial score (nSPS) is 10.5. The van der Waals surface area contributed by atoms with Crippen molar-refractivity contribution in [2.75, 3.05) is 19.8 Å². The van der Waals surface area contributed by atoms with Gasteiger partial charge in [-0.1, -0.05) is 19.9 Å². The van der Waals surface area contributed by atoms with Crippen molar-refractivity contribution in [3.63, 3.8) is 0 Å². The Bertz CT molecular complexity index is 412. The Morgan fingerprint density at radius 3 is 2.88 bits per heavy atom. The molecule has 5 heteroatoms. The summed E-state index contributed by atoms with van der Waals surface area (Å²) in [5.74, 6) is 0.187. The number of hydrogen-bond acceptors (Lipinski definition) is 3. The van der Waals surface area contributed by atoms with Crippen molar-refractivity contribution in [2.24, 2.45) is 5.92 Å². The van der Waals surface area contributed by atoms with Crippen LogP contribution in [0.25, 0.3) is 0 Å². The number of ether oxygens (including phenoxy) is 1. The highest BCUT2D eigenvalue weighted by Crippen LogP contribution is 1.92. The Kier molecular flexibility index (Phi) is 5.42.